The van der Waals surface area contributed by atoms with Crippen molar-refractivity contribution in [2.24, 2.45) is 0 Å². The molecular weight excluding hydrogens is 310 g/mol. The van der Waals surface area contributed by atoms with Crippen LogP contribution in [0.2, 0.25) is 0 Å². The number of nitrogens with zero attached hydrogens (tertiary/aromatic N) is 2. The highest BCUT2D eigenvalue weighted by Crippen LogP contribution is 2.30. The van der Waals surface area contributed by atoms with Crippen molar-refractivity contribution < 1.29 is 9.72 Å². The van der Waals surface area contributed by atoms with Crippen LogP contribution in [-0.2, 0) is 11.3 Å². The molecule has 2 aromatic heterocycles. The van der Waals surface area contributed by atoms with Crippen LogP contribution in [0.25, 0.3) is 0 Å². The van der Waals surface area contributed by atoms with Crippen molar-refractivity contribution >= 4 is 33.6 Å². The summed E-state index contributed by atoms with van der Waals surface area (Å²) >= 11 is 2.67. The molecule has 110 valence electrons. The maximum absolute atomic E-state index is 12.2. The number of nitrogens with one attached hydrogen (secondary N) is 1. The maximum atomic E-state index is 12.2. The van der Waals surface area contributed by atoms with Crippen LogP contribution in [0, 0.1) is 10.1 Å². The van der Waals surface area contributed by atoms with Gasteiger partial charge in [-0.1, -0.05) is 17.4 Å². The van der Waals surface area contributed by atoms with Crippen LogP contribution in [0.4, 0.5) is 5.00 Å². The second-order valence-corrected chi connectivity index (χ2v) is 6.60. The van der Waals surface area contributed by atoms with Crippen LogP contribution >= 0.6 is 22.7 Å². The van der Waals surface area contributed by atoms with E-state index in [0.29, 0.717) is 13.1 Å². The van der Waals surface area contributed by atoms with Gasteiger partial charge in [-0.2, -0.15) is 0 Å². The van der Waals surface area contributed by atoms with E-state index in [1.165, 1.54) is 0 Å². The van der Waals surface area contributed by atoms with Crippen molar-refractivity contribution in [1.29, 1.82) is 0 Å². The van der Waals surface area contributed by atoms with E-state index < -0.39 is 0 Å². The first kappa shape index (κ1) is 14.2. The van der Waals surface area contributed by atoms with Crippen molar-refractivity contribution in [2.75, 3.05) is 13.1 Å². The molecule has 0 aromatic carbocycles. The molecule has 1 N–H and O–H groups in total. The Morgan fingerprint density at radius 2 is 2.33 bits per heavy atom. The van der Waals surface area contributed by atoms with E-state index in [0.717, 1.165) is 28.3 Å². The summed E-state index contributed by atoms with van der Waals surface area (Å²) < 4.78 is 0. The van der Waals surface area contributed by atoms with Crippen LogP contribution in [0.5, 0.6) is 0 Å². The molecule has 0 spiro atoms. The average molecular weight is 323 g/mol. The summed E-state index contributed by atoms with van der Waals surface area (Å²) in [5, 5.41) is 17.5. The molecule has 1 fully saturated rings. The molecule has 21 heavy (non-hydrogen) atoms. The number of piperazine rings is 1. The summed E-state index contributed by atoms with van der Waals surface area (Å²) in [4.78, 5) is 25.6. The highest BCUT2D eigenvalue weighted by atomic mass is 32.1. The number of carbonyl (C=O) groups excluding carboxylic acids is 1. The monoisotopic (exact) mass is 323 g/mol. The Bertz CT molecular complexity index is 653. The fourth-order valence-corrected chi connectivity index (χ4v) is 3.99. The zero-order valence-corrected chi connectivity index (χ0v) is 12.7. The molecule has 1 saturated heterocycles. The molecule has 1 atom stereocenters. The molecule has 6 nitrogen and oxygen atoms in total. The lowest BCUT2D eigenvalue weighted by atomic mass is 10.1. The van der Waals surface area contributed by atoms with Crippen molar-refractivity contribution in [3.8, 4) is 0 Å². The number of nitro groups is 1. The largest absolute Gasteiger partial charge is 0.353 e. The van der Waals surface area contributed by atoms with E-state index in [2.05, 4.69) is 10.2 Å². The summed E-state index contributed by atoms with van der Waals surface area (Å²) in [7, 11) is 0. The van der Waals surface area contributed by atoms with E-state index in [9.17, 15) is 14.9 Å². The predicted octanol–water partition coefficient (Wildman–Crippen LogP) is 2.39. The van der Waals surface area contributed by atoms with Crippen LogP contribution < -0.4 is 5.32 Å². The molecule has 0 bridgehead atoms. The van der Waals surface area contributed by atoms with Gasteiger partial charge in [0.15, 0.2) is 0 Å². The molecule has 8 heteroatoms. The average Bonchev–Trinajstić information content (AvgIpc) is 3.10. The Labute approximate surface area is 129 Å². The fourth-order valence-electron chi connectivity index (χ4n) is 2.42. The Morgan fingerprint density at radius 1 is 1.48 bits per heavy atom. The zero-order chi connectivity index (χ0) is 14.8. The number of amides is 1. The van der Waals surface area contributed by atoms with Crippen molar-refractivity contribution in [2.45, 2.75) is 12.6 Å². The van der Waals surface area contributed by atoms with Gasteiger partial charge in [0.05, 0.1) is 4.92 Å². The predicted molar refractivity (Wildman–Crippen MR) is 81.5 cm³/mol. The molecule has 1 aliphatic heterocycles. The number of carbonyl (C=O) groups is 1. The van der Waals surface area contributed by atoms with E-state index in [4.69, 9.17) is 0 Å². The number of hydrogen-bond acceptors (Lipinski definition) is 6. The summed E-state index contributed by atoms with van der Waals surface area (Å²) in [6.07, 6.45) is 0. The summed E-state index contributed by atoms with van der Waals surface area (Å²) in [6, 6.07) is 5.15. The molecule has 2 aromatic rings. The molecule has 3 heterocycles. The SMILES string of the molecule is O=C1NCCN(Cc2csc([N+](=O)[O-])c2)[C@@H]1c1cccs1. The van der Waals surface area contributed by atoms with Crippen LogP contribution in [0.3, 0.4) is 0 Å². The molecule has 1 aliphatic rings. The van der Waals surface area contributed by atoms with Gasteiger partial charge in [-0.15, -0.1) is 11.3 Å². The van der Waals surface area contributed by atoms with Gasteiger partial charge >= 0.3 is 5.00 Å². The topological polar surface area (TPSA) is 75.5 Å². The molecule has 1 amide bonds. The standard InChI is InChI=1S/C13H13N3O3S2/c17-13-12(10-2-1-5-20-10)15(4-3-14-13)7-9-6-11(16(18)19)21-8-9/h1-2,5-6,8,12H,3-4,7H2,(H,14,17)/t12-/m1/s1. The first-order valence-electron chi connectivity index (χ1n) is 6.42. The number of rotatable bonds is 4. The first-order chi connectivity index (χ1) is 10.1. The minimum Gasteiger partial charge on any atom is -0.353 e. The molecule has 0 unspecified atom stereocenters. The molecule has 3 rings (SSSR count). The zero-order valence-electron chi connectivity index (χ0n) is 11.0. The van der Waals surface area contributed by atoms with Crippen LogP contribution in [-0.4, -0.2) is 28.8 Å². The van der Waals surface area contributed by atoms with E-state index in [1.807, 2.05) is 17.5 Å². The highest BCUT2D eigenvalue weighted by Gasteiger charge is 2.32. The van der Waals surface area contributed by atoms with Crippen molar-refractivity contribution in [3.05, 3.63) is 49.5 Å². The Balaban J connectivity index is 1.81. The van der Waals surface area contributed by atoms with E-state index in [1.54, 1.807) is 22.8 Å². The van der Waals surface area contributed by atoms with E-state index >= 15 is 0 Å². The summed E-state index contributed by atoms with van der Waals surface area (Å²) in [6.45, 7) is 1.88. The fraction of sp³-hybridized carbons (Fsp3) is 0.308. The lowest BCUT2D eigenvalue weighted by molar-refractivity contribution is -0.380. The van der Waals surface area contributed by atoms with Gasteiger partial charge in [0.25, 0.3) is 0 Å². The van der Waals surface area contributed by atoms with Crippen molar-refractivity contribution in [1.82, 2.24) is 10.2 Å². The summed E-state index contributed by atoms with van der Waals surface area (Å²) in [5.74, 6) is -0.00608. The van der Waals surface area contributed by atoms with Crippen LogP contribution in [0.1, 0.15) is 16.5 Å². The second kappa shape index (κ2) is 5.92. The number of hydrogen-bond donors (Lipinski definition) is 1. The van der Waals surface area contributed by atoms with Crippen LogP contribution in [0.15, 0.2) is 29.0 Å². The lowest BCUT2D eigenvalue weighted by Crippen LogP contribution is -2.49. The van der Waals surface area contributed by atoms with Gasteiger partial charge in [0, 0.05) is 36.0 Å². The van der Waals surface area contributed by atoms with Gasteiger partial charge in [-0.05, 0) is 17.0 Å². The summed E-state index contributed by atoms with van der Waals surface area (Å²) in [5.41, 5.74) is 0.878. The van der Waals surface area contributed by atoms with Gasteiger partial charge < -0.3 is 5.32 Å². The minimum atomic E-state index is -0.381. The lowest BCUT2D eigenvalue weighted by Gasteiger charge is -2.34. The Kier molecular flexibility index (Phi) is 4.00. The normalized spacial score (nSPS) is 19.4. The minimum absolute atomic E-state index is 0.00608. The first-order valence-corrected chi connectivity index (χ1v) is 8.18. The highest BCUT2D eigenvalue weighted by molar-refractivity contribution is 7.13. The molecule has 0 radical (unpaired) electrons. The quantitative estimate of drug-likeness (QED) is 0.692. The maximum Gasteiger partial charge on any atom is 0.324 e. The second-order valence-electron chi connectivity index (χ2n) is 4.73. The van der Waals surface area contributed by atoms with E-state index in [-0.39, 0.29) is 21.9 Å². The molecule has 0 aliphatic carbocycles. The Hall–Kier alpha value is -1.77. The molecular formula is C13H13N3O3S2. The third kappa shape index (κ3) is 2.97. The smallest absolute Gasteiger partial charge is 0.324 e. The van der Waals surface area contributed by atoms with Gasteiger partial charge in [0.2, 0.25) is 5.91 Å². The third-order valence-electron chi connectivity index (χ3n) is 3.33. The van der Waals surface area contributed by atoms with Gasteiger partial charge in [-0.25, -0.2) is 0 Å². The molecule has 0 saturated carbocycles. The Morgan fingerprint density at radius 3 is 3.00 bits per heavy atom. The van der Waals surface area contributed by atoms with Crippen molar-refractivity contribution in [3.63, 3.8) is 0 Å². The number of thiophene rings is 2. The third-order valence-corrected chi connectivity index (χ3v) is 5.18. The van der Waals surface area contributed by atoms with Gasteiger partial charge in [-0.3, -0.25) is 19.8 Å². The van der Waals surface area contributed by atoms with Gasteiger partial charge in [0.1, 0.15) is 6.04 Å².